The first kappa shape index (κ1) is 25.6. The average Bonchev–Trinajstić information content (AvgIpc) is 3.49. The third-order valence-corrected chi connectivity index (χ3v) is 7.71. The molecule has 8 nitrogen and oxygen atoms in total. The predicted octanol–water partition coefficient (Wildman–Crippen LogP) is 5.99. The summed E-state index contributed by atoms with van der Waals surface area (Å²) in [4.78, 5) is 27.6. The fourth-order valence-corrected chi connectivity index (χ4v) is 5.63. The zero-order chi connectivity index (χ0) is 26.5. The van der Waals surface area contributed by atoms with Crippen molar-refractivity contribution in [1.29, 1.82) is 0 Å². The van der Waals surface area contributed by atoms with Crippen molar-refractivity contribution in [3.63, 3.8) is 0 Å². The second-order valence-electron chi connectivity index (χ2n) is 10.2. The van der Waals surface area contributed by atoms with Gasteiger partial charge in [0.1, 0.15) is 5.54 Å². The van der Waals surface area contributed by atoms with Crippen LogP contribution in [-0.2, 0) is 16.1 Å². The Morgan fingerprint density at radius 2 is 1.71 bits per heavy atom. The summed E-state index contributed by atoms with van der Waals surface area (Å²) in [5, 5.41) is 26.9. The van der Waals surface area contributed by atoms with E-state index in [2.05, 4.69) is 44.9 Å². The number of fused-ring (bicyclic) bond motifs is 1. The topological polar surface area (TPSA) is 112 Å². The van der Waals surface area contributed by atoms with Crippen molar-refractivity contribution in [1.82, 2.24) is 25.5 Å². The van der Waals surface area contributed by atoms with Crippen LogP contribution in [-0.4, -0.2) is 48.0 Å². The van der Waals surface area contributed by atoms with Gasteiger partial charge in [-0.3, -0.25) is 4.79 Å². The summed E-state index contributed by atoms with van der Waals surface area (Å²) in [6.07, 6.45) is 5.73. The number of nitrogens with zero attached hydrogens (tertiary/aromatic N) is 4. The van der Waals surface area contributed by atoms with E-state index < -0.39 is 11.5 Å². The highest BCUT2D eigenvalue weighted by Crippen LogP contribution is 2.37. The van der Waals surface area contributed by atoms with Crippen molar-refractivity contribution in [3.05, 3.63) is 66.2 Å². The first-order chi connectivity index (χ1) is 18.5. The molecule has 1 amide bonds. The molecule has 1 aliphatic rings. The Bertz CT molecular complexity index is 1430. The largest absolute Gasteiger partial charge is 0.479 e. The number of hydrogen-bond donors (Lipinski definition) is 2. The van der Waals surface area contributed by atoms with Crippen LogP contribution in [0.15, 0.2) is 60.7 Å². The normalized spacial score (nSPS) is 14.9. The molecule has 1 saturated carbocycles. The molecular weight excluding hydrogens is 478 g/mol. The number of rotatable bonds is 9. The van der Waals surface area contributed by atoms with Crippen molar-refractivity contribution in [2.24, 2.45) is 0 Å². The van der Waals surface area contributed by atoms with Crippen molar-refractivity contribution < 1.29 is 14.7 Å². The molecule has 1 heterocycles. The van der Waals surface area contributed by atoms with Crippen molar-refractivity contribution in [2.45, 2.75) is 70.4 Å². The zero-order valence-corrected chi connectivity index (χ0v) is 21.7. The van der Waals surface area contributed by atoms with E-state index >= 15 is 0 Å². The third kappa shape index (κ3) is 5.03. The van der Waals surface area contributed by atoms with Crippen LogP contribution in [0.4, 0.5) is 0 Å². The first-order valence-corrected chi connectivity index (χ1v) is 13.4. The molecule has 1 aliphatic carbocycles. The number of nitrogens with one attached hydrogen (secondary N) is 1. The van der Waals surface area contributed by atoms with Crippen LogP contribution in [0.25, 0.3) is 33.3 Å². The van der Waals surface area contributed by atoms with Crippen LogP contribution >= 0.6 is 0 Å². The summed E-state index contributed by atoms with van der Waals surface area (Å²) < 4.78 is 0. The van der Waals surface area contributed by atoms with E-state index in [0.29, 0.717) is 31.6 Å². The summed E-state index contributed by atoms with van der Waals surface area (Å²) in [5.41, 5.74) is 2.75. The van der Waals surface area contributed by atoms with Crippen LogP contribution in [0, 0.1) is 0 Å². The Hall–Kier alpha value is -4.07. The molecule has 0 radical (unpaired) electrons. The van der Waals surface area contributed by atoms with E-state index in [1.54, 1.807) is 4.90 Å². The molecule has 0 atom stereocenters. The maximum Gasteiger partial charge on any atom is 0.329 e. The number of carbonyl (C=O) groups excluding carboxylic acids is 1. The van der Waals surface area contributed by atoms with Crippen LogP contribution < -0.4 is 0 Å². The number of aromatic amines is 1. The Kier molecular flexibility index (Phi) is 7.49. The SMILES string of the molecule is CCCCC(=O)N(Cc1ccc2cc(-c3ccccc3-c3nn[nH]n3)ccc2c1)C1(C(=O)O)CCCCC1. The summed E-state index contributed by atoms with van der Waals surface area (Å²) in [6, 6.07) is 20.3. The first-order valence-electron chi connectivity index (χ1n) is 13.4. The molecule has 3 aromatic carbocycles. The third-order valence-electron chi connectivity index (χ3n) is 7.71. The number of unbranched alkanes of at least 4 members (excludes halogenated alkanes) is 1. The second-order valence-corrected chi connectivity index (χ2v) is 10.2. The van der Waals surface area contributed by atoms with Gasteiger partial charge in [-0.25, -0.2) is 4.79 Å². The Morgan fingerprint density at radius 1 is 0.974 bits per heavy atom. The number of benzene rings is 3. The zero-order valence-electron chi connectivity index (χ0n) is 21.7. The quantitative estimate of drug-likeness (QED) is 0.285. The van der Waals surface area contributed by atoms with E-state index in [9.17, 15) is 14.7 Å². The molecule has 2 N–H and O–H groups in total. The van der Waals surface area contributed by atoms with Gasteiger partial charge in [-0.15, -0.1) is 10.2 Å². The molecule has 38 heavy (non-hydrogen) atoms. The lowest BCUT2D eigenvalue weighted by Gasteiger charge is -2.43. The van der Waals surface area contributed by atoms with Crippen molar-refractivity contribution in [2.75, 3.05) is 0 Å². The van der Waals surface area contributed by atoms with Crippen LogP contribution in [0.1, 0.15) is 63.9 Å². The van der Waals surface area contributed by atoms with Crippen molar-refractivity contribution in [3.8, 4) is 22.5 Å². The van der Waals surface area contributed by atoms with Gasteiger partial charge in [0.25, 0.3) is 0 Å². The average molecular weight is 512 g/mol. The summed E-state index contributed by atoms with van der Waals surface area (Å²) in [6.45, 7) is 2.34. The second kappa shape index (κ2) is 11.1. The van der Waals surface area contributed by atoms with Crippen LogP contribution in [0.3, 0.4) is 0 Å². The smallest absolute Gasteiger partial charge is 0.329 e. The van der Waals surface area contributed by atoms with E-state index in [4.69, 9.17) is 0 Å². The minimum Gasteiger partial charge on any atom is -0.479 e. The molecule has 1 aromatic heterocycles. The van der Waals surface area contributed by atoms with Gasteiger partial charge in [0.15, 0.2) is 0 Å². The predicted molar refractivity (Wildman–Crippen MR) is 146 cm³/mol. The van der Waals surface area contributed by atoms with Gasteiger partial charge in [-0.2, -0.15) is 5.21 Å². The Labute approximate surface area is 222 Å². The van der Waals surface area contributed by atoms with E-state index in [0.717, 1.165) is 65.1 Å². The summed E-state index contributed by atoms with van der Waals surface area (Å²) in [5.74, 6) is -0.406. The van der Waals surface area contributed by atoms with Gasteiger partial charge in [-0.1, -0.05) is 81.1 Å². The van der Waals surface area contributed by atoms with Gasteiger partial charge in [0.2, 0.25) is 11.7 Å². The number of tetrazole rings is 1. The fraction of sp³-hybridized carbons (Fsp3) is 0.367. The van der Waals surface area contributed by atoms with Gasteiger partial charge in [0, 0.05) is 18.5 Å². The highest BCUT2D eigenvalue weighted by Gasteiger charge is 2.46. The molecule has 0 spiro atoms. The summed E-state index contributed by atoms with van der Waals surface area (Å²) in [7, 11) is 0. The van der Waals surface area contributed by atoms with Crippen LogP contribution in [0.5, 0.6) is 0 Å². The van der Waals surface area contributed by atoms with Gasteiger partial charge in [0.05, 0.1) is 0 Å². The van der Waals surface area contributed by atoms with Gasteiger partial charge < -0.3 is 10.0 Å². The molecule has 5 rings (SSSR count). The highest BCUT2D eigenvalue weighted by atomic mass is 16.4. The molecule has 1 fully saturated rings. The number of aliphatic carboxylic acids is 1. The molecule has 0 unspecified atom stereocenters. The Morgan fingerprint density at radius 3 is 2.42 bits per heavy atom. The molecule has 0 saturated heterocycles. The fourth-order valence-electron chi connectivity index (χ4n) is 5.63. The molecule has 8 heteroatoms. The number of carboxylic acid groups (broad SMARTS) is 1. The molecule has 0 aliphatic heterocycles. The lowest BCUT2D eigenvalue weighted by atomic mass is 9.79. The summed E-state index contributed by atoms with van der Waals surface area (Å²) >= 11 is 0. The number of carboxylic acids is 1. The molecular formula is C30H33N5O3. The molecule has 196 valence electrons. The minimum atomic E-state index is -1.12. The minimum absolute atomic E-state index is 0.0651. The standard InChI is InChI=1S/C30H33N5O3/c1-2-3-11-27(36)35(30(29(37)38)16-7-4-8-17-30)20-21-12-13-23-19-24(15-14-22(23)18-21)25-9-5-6-10-26(25)28-31-33-34-32-28/h5-6,9-10,12-15,18-19H,2-4,7-8,11,16-17,20H2,1H3,(H,37,38)(H,31,32,33,34). The molecule has 0 bridgehead atoms. The van der Waals surface area contributed by atoms with Gasteiger partial charge in [-0.05, 0) is 64.1 Å². The Balaban J connectivity index is 1.47. The number of H-pyrrole nitrogens is 1. The van der Waals surface area contributed by atoms with Gasteiger partial charge >= 0.3 is 5.97 Å². The lowest BCUT2D eigenvalue weighted by molar-refractivity contribution is -0.163. The van der Waals surface area contributed by atoms with Crippen LogP contribution in [0.2, 0.25) is 0 Å². The van der Waals surface area contributed by atoms with E-state index in [1.165, 1.54) is 0 Å². The van der Waals surface area contributed by atoms with E-state index in [-0.39, 0.29) is 5.91 Å². The maximum atomic E-state index is 13.4. The number of aromatic nitrogens is 4. The number of hydrogen-bond acceptors (Lipinski definition) is 5. The molecule has 4 aromatic rings. The van der Waals surface area contributed by atoms with E-state index in [1.807, 2.05) is 43.3 Å². The number of carbonyl (C=O) groups is 2. The number of amides is 1. The monoisotopic (exact) mass is 511 g/mol. The maximum absolute atomic E-state index is 13.4. The van der Waals surface area contributed by atoms with Crippen molar-refractivity contribution >= 4 is 22.6 Å². The highest BCUT2D eigenvalue weighted by molar-refractivity contribution is 5.91. The lowest BCUT2D eigenvalue weighted by Crippen LogP contribution is -2.57.